The van der Waals surface area contributed by atoms with Gasteiger partial charge in [-0.1, -0.05) is 23.2 Å². The first-order chi connectivity index (χ1) is 9.20. The quantitative estimate of drug-likeness (QED) is 0.828. The SMILES string of the molecule is O=C(c1cc(C(F)(F)F)[nH]n1)c1cc(Cl)cc(Cl)c1O. The molecule has 106 valence electrons. The maximum Gasteiger partial charge on any atom is 0.432 e. The topological polar surface area (TPSA) is 66.0 Å². The Labute approximate surface area is 120 Å². The second-order valence-corrected chi connectivity index (χ2v) is 4.62. The summed E-state index contributed by atoms with van der Waals surface area (Å²) < 4.78 is 37.2. The van der Waals surface area contributed by atoms with E-state index in [0.717, 1.165) is 6.07 Å². The van der Waals surface area contributed by atoms with E-state index in [1.54, 1.807) is 5.10 Å². The van der Waals surface area contributed by atoms with Gasteiger partial charge in [0.15, 0.2) is 0 Å². The van der Waals surface area contributed by atoms with Gasteiger partial charge in [-0.3, -0.25) is 9.89 Å². The van der Waals surface area contributed by atoms with E-state index in [1.165, 1.54) is 6.07 Å². The fraction of sp³-hybridized carbons (Fsp3) is 0.0909. The fourth-order valence-electron chi connectivity index (χ4n) is 1.46. The monoisotopic (exact) mass is 324 g/mol. The van der Waals surface area contributed by atoms with Crippen LogP contribution < -0.4 is 0 Å². The number of phenols is 1. The number of carbonyl (C=O) groups excluding carboxylic acids is 1. The Hall–Kier alpha value is -1.73. The molecule has 0 aliphatic rings. The third-order valence-corrected chi connectivity index (χ3v) is 2.90. The van der Waals surface area contributed by atoms with Gasteiger partial charge in [-0.15, -0.1) is 0 Å². The predicted octanol–water partition coefficient (Wildman–Crippen LogP) is 3.67. The first-order valence-electron chi connectivity index (χ1n) is 5.05. The standard InChI is InChI=1S/C11H5Cl2F3N2O2/c12-4-1-5(9(19)6(13)2-4)10(20)7-3-8(18-17-7)11(14,15)16/h1-3,19H,(H,17,18). The van der Waals surface area contributed by atoms with Crippen molar-refractivity contribution in [1.82, 2.24) is 10.2 Å². The number of H-pyrrole nitrogens is 1. The Morgan fingerprint density at radius 2 is 1.90 bits per heavy atom. The number of aromatic hydroxyl groups is 1. The van der Waals surface area contributed by atoms with Crippen molar-refractivity contribution < 1.29 is 23.1 Å². The lowest BCUT2D eigenvalue weighted by Gasteiger charge is -2.04. The van der Waals surface area contributed by atoms with Crippen LogP contribution in [0.4, 0.5) is 13.2 Å². The number of aromatic nitrogens is 2. The number of hydrogen-bond acceptors (Lipinski definition) is 3. The molecule has 0 aliphatic heterocycles. The van der Waals surface area contributed by atoms with Gasteiger partial charge in [0.2, 0.25) is 5.78 Å². The second kappa shape index (κ2) is 4.99. The van der Waals surface area contributed by atoms with Gasteiger partial charge < -0.3 is 5.11 Å². The van der Waals surface area contributed by atoms with Crippen LogP contribution in [0.3, 0.4) is 0 Å². The van der Waals surface area contributed by atoms with Crippen LogP contribution in [0.1, 0.15) is 21.7 Å². The van der Waals surface area contributed by atoms with Crippen molar-refractivity contribution in [3.8, 4) is 5.75 Å². The van der Waals surface area contributed by atoms with E-state index < -0.39 is 29.1 Å². The van der Waals surface area contributed by atoms with E-state index in [9.17, 15) is 23.1 Å². The number of aromatic amines is 1. The number of ketones is 1. The summed E-state index contributed by atoms with van der Waals surface area (Å²) in [5, 5.41) is 14.5. The number of carbonyl (C=O) groups is 1. The molecule has 9 heteroatoms. The number of benzene rings is 1. The number of halogens is 5. The molecule has 0 saturated carbocycles. The molecule has 2 aromatic rings. The molecule has 2 rings (SSSR count). The average molecular weight is 325 g/mol. The van der Waals surface area contributed by atoms with E-state index in [1.807, 2.05) is 0 Å². The summed E-state index contributed by atoms with van der Waals surface area (Å²) in [7, 11) is 0. The molecule has 4 nitrogen and oxygen atoms in total. The Morgan fingerprint density at radius 3 is 2.45 bits per heavy atom. The zero-order valence-electron chi connectivity index (χ0n) is 9.42. The molecule has 0 aliphatic carbocycles. The summed E-state index contributed by atoms with van der Waals surface area (Å²) in [6.07, 6.45) is -4.65. The summed E-state index contributed by atoms with van der Waals surface area (Å²) >= 11 is 11.3. The van der Waals surface area contributed by atoms with Crippen LogP contribution in [0.2, 0.25) is 10.0 Å². The smallest absolute Gasteiger partial charge is 0.432 e. The number of nitrogens with zero attached hydrogens (tertiary/aromatic N) is 1. The van der Waals surface area contributed by atoms with Gasteiger partial charge in [0, 0.05) is 5.02 Å². The van der Waals surface area contributed by atoms with E-state index in [2.05, 4.69) is 5.10 Å². The minimum atomic E-state index is -4.65. The number of nitrogens with one attached hydrogen (secondary N) is 1. The minimum absolute atomic E-state index is 0.0581. The lowest BCUT2D eigenvalue weighted by molar-refractivity contribution is -0.141. The molecule has 0 fully saturated rings. The van der Waals surface area contributed by atoms with Gasteiger partial charge in [0.05, 0.1) is 10.6 Å². The summed E-state index contributed by atoms with van der Waals surface area (Å²) in [6, 6.07) is 2.82. The normalized spacial score (nSPS) is 11.7. The molecular weight excluding hydrogens is 320 g/mol. The van der Waals surface area contributed by atoms with Crippen LogP contribution in [0.5, 0.6) is 5.75 Å². The molecule has 0 amide bonds. The maximum atomic E-state index is 12.4. The molecule has 1 aromatic carbocycles. The summed E-state index contributed by atoms with van der Waals surface area (Å²) in [5.74, 6) is -1.50. The summed E-state index contributed by atoms with van der Waals surface area (Å²) in [6.45, 7) is 0. The van der Waals surface area contributed by atoms with Crippen molar-refractivity contribution in [3.05, 3.63) is 45.2 Å². The van der Waals surface area contributed by atoms with Gasteiger partial charge in [-0.25, -0.2) is 0 Å². The van der Waals surface area contributed by atoms with Crippen LogP contribution in [0.15, 0.2) is 18.2 Å². The number of rotatable bonds is 2. The zero-order valence-corrected chi connectivity index (χ0v) is 10.9. The highest BCUT2D eigenvalue weighted by molar-refractivity contribution is 6.36. The summed E-state index contributed by atoms with van der Waals surface area (Å²) in [4.78, 5) is 12.0. The highest BCUT2D eigenvalue weighted by Crippen LogP contribution is 2.33. The van der Waals surface area contributed by atoms with E-state index >= 15 is 0 Å². The van der Waals surface area contributed by atoms with E-state index in [0.29, 0.717) is 6.07 Å². The highest BCUT2D eigenvalue weighted by Gasteiger charge is 2.34. The summed E-state index contributed by atoms with van der Waals surface area (Å²) in [5.41, 5.74) is -2.01. The van der Waals surface area contributed by atoms with Crippen LogP contribution in [-0.4, -0.2) is 21.1 Å². The van der Waals surface area contributed by atoms with Crippen LogP contribution >= 0.6 is 23.2 Å². The number of phenolic OH excluding ortho intramolecular Hbond substituents is 1. The van der Waals surface area contributed by atoms with Gasteiger partial charge >= 0.3 is 6.18 Å². The van der Waals surface area contributed by atoms with Crippen LogP contribution in [0, 0.1) is 0 Å². The average Bonchev–Trinajstić information content (AvgIpc) is 2.82. The number of hydrogen-bond donors (Lipinski definition) is 2. The molecule has 0 bridgehead atoms. The minimum Gasteiger partial charge on any atom is -0.506 e. The largest absolute Gasteiger partial charge is 0.506 e. The van der Waals surface area contributed by atoms with Crippen molar-refractivity contribution in [2.24, 2.45) is 0 Å². The Bertz CT molecular complexity index is 683. The molecule has 0 saturated heterocycles. The lowest BCUT2D eigenvalue weighted by Crippen LogP contribution is -2.05. The van der Waals surface area contributed by atoms with Gasteiger partial charge in [0.1, 0.15) is 17.1 Å². The maximum absolute atomic E-state index is 12.4. The fourth-order valence-corrected chi connectivity index (χ4v) is 1.95. The second-order valence-electron chi connectivity index (χ2n) is 3.78. The molecule has 2 N–H and O–H groups in total. The van der Waals surface area contributed by atoms with Gasteiger partial charge in [0.25, 0.3) is 0 Å². The third kappa shape index (κ3) is 2.73. The van der Waals surface area contributed by atoms with Gasteiger partial charge in [-0.2, -0.15) is 18.3 Å². The zero-order chi connectivity index (χ0) is 15.1. The van der Waals surface area contributed by atoms with Gasteiger partial charge in [-0.05, 0) is 18.2 Å². The van der Waals surface area contributed by atoms with Crippen molar-refractivity contribution in [3.63, 3.8) is 0 Å². The first-order valence-corrected chi connectivity index (χ1v) is 5.81. The van der Waals surface area contributed by atoms with E-state index in [-0.39, 0.29) is 15.6 Å². The molecule has 1 aromatic heterocycles. The molecule has 0 spiro atoms. The van der Waals surface area contributed by atoms with Crippen molar-refractivity contribution in [2.45, 2.75) is 6.18 Å². The molecule has 0 radical (unpaired) electrons. The van der Waals surface area contributed by atoms with E-state index in [4.69, 9.17) is 23.2 Å². The van der Waals surface area contributed by atoms with Crippen molar-refractivity contribution in [1.29, 1.82) is 0 Å². The van der Waals surface area contributed by atoms with Crippen LogP contribution in [0.25, 0.3) is 0 Å². The van der Waals surface area contributed by atoms with Crippen LogP contribution in [-0.2, 0) is 6.18 Å². The molecular formula is C11H5Cl2F3N2O2. The lowest BCUT2D eigenvalue weighted by atomic mass is 10.1. The predicted molar refractivity (Wildman–Crippen MR) is 65.1 cm³/mol. The first kappa shape index (κ1) is 14.7. The van der Waals surface area contributed by atoms with Crippen molar-refractivity contribution in [2.75, 3.05) is 0 Å². The molecule has 1 heterocycles. The highest BCUT2D eigenvalue weighted by atomic mass is 35.5. The molecule has 0 atom stereocenters. The molecule has 0 unspecified atom stereocenters. The third-order valence-electron chi connectivity index (χ3n) is 2.39. The number of alkyl halides is 3. The Kier molecular flexibility index (Phi) is 3.66. The Balaban J connectivity index is 2.45. The van der Waals surface area contributed by atoms with Crippen molar-refractivity contribution >= 4 is 29.0 Å². The molecule has 20 heavy (non-hydrogen) atoms. The Morgan fingerprint density at radius 1 is 1.25 bits per heavy atom.